The number of piperidine rings is 1. The number of H-pyrrole nitrogens is 1. The first kappa shape index (κ1) is 13.3. The van der Waals surface area contributed by atoms with E-state index in [1.165, 1.54) is 0 Å². The molecule has 6 heteroatoms. The van der Waals surface area contributed by atoms with Crippen molar-refractivity contribution in [3.05, 3.63) is 39.0 Å². The average Bonchev–Trinajstić information content (AvgIpc) is 2.85. The van der Waals surface area contributed by atoms with Gasteiger partial charge < -0.3 is 9.88 Å². The van der Waals surface area contributed by atoms with Crippen LogP contribution in [0.15, 0.2) is 16.2 Å². The predicted octanol–water partition coefficient (Wildman–Crippen LogP) is 2.23. The highest BCUT2D eigenvalue weighted by molar-refractivity contribution is 7.13. The van der Waals surface area contributed by atoms with Crippen LogP contribution in [0.3, 0.4) is 0 Å². The lowest BCUT2D eigenvalue weighted by atomic mass is 9.95. The lowest BCUT2D eigenvalue weighted by Crippen LogP contribution is -2.35. The Balaban J connectivity index is 1.82. The lowest BCUT2D eigenvalue weighted by molar-refractivity contribution is 0.498. The Labute approximate surface area is 121 Å². The maximum atomic E-state index is 11.6. The first-order valence-corrected chi connectivity index (χ1v) is 7.75. The molecule has 3 heterocycles. The van der Waals surface area contributed by atoms with Crippen LogP contribution in [-0.4, -0.2) is 28.0 Å². The van der Waals surface area contributed by atoms with Crippen molar-refractivity contribution in [1.29, 1.82) is 0 Å². The summed E-state index contributed by atoms with van der Waals surface area (Å²) >= 11 is 1.69. The zero-order valence-electron chi connectivity index (χ0n) is 11.7. The number of hydrogen-bond donors (Lipinski definition) is 1. The molecule has 0 aromatic carbocycles. The first-order valence-electron chi connectivity index (χ1n) is 6.87. The second-order valence-corrected chi connectivity index (χ2v) is 6.15. The fourth-order valence-electron chi connectivity index (χ4n) is 2.69. The summed E-state index contributed by atoms with van der Waals surface area (Å²) in [7, 11) is 0. The molecule has 1 saturated heterocycles. The molecule has 0 saturated carbocycles. The third-order valence-electron chi connectivity index (χ3n) is 3.60. The summed E-state index contributed by atoms with van der Waals surface area (Å²) < 4.78 is 0. The number of nitrogens with zero attached hydrogens (tertiary/aromatic N) is 3. The molecule has 2 aromatic rings. The Kier molecular flexibility index (Phi) is 3.56. The number of anilines is 1. The van der Waals surface area contributed by atoms with Crippen LogP contribution in [0.4, 0.5) is 5.13 Å². The molecule has 1 fully saturated rings. The first-order chi connectivity index (χ1) is 9.61. The van der Waals surface area contributed by atoms with Crippen molar-refractivity contribution in [3.8, 4) is 0 Å². The zero-order chi connectivity index (χ0) is 14.1. The van der Waals surface area contributed by atoms with Gasteiger partial charge in [0.2, 0.25) is 0 Å². The van der Waals surface area contributed by atoms with E-state index in [2.05, 4.69) is 25.2 Å². The van der Waals surface area contributed by atoms with E-state index in [1.807, 2.05) is 13.8 Å². The van der Waals surface area contributed by atoms with Crippen LogP contribution < -0.4 is 10.5 Å². The van der Waals surface area contributed by atoms with Gasteiger partial charge in [-0.25, -0.2) is 9.97 Å². The third-order valence-corrected chi connectivity index (χ3v) is 4.62. The van der Waals surface area contributed by atoms with Crippen LogP contribution in [0.25, 0.3) is 0 Å². The fourth-order valence-corrected chi connectivity index (χ4v) is 3.53. The minimum absolute atomic E-state index is 0.0604. The standard InChI is InChI=1S/C14H18N4OS/c1-9-8-20-14(15-9)18-5-3-4-11(7-18)12-6-13(19)17-10(2)16-12/h6,8,11H,3-5,7H2,1-2H3,(H,16,17,19)/t11-/m0/s1. The predicted molar refractivity (Wildman–Crippen MR) is 80.6 cm³/mol. The molecule has 0 amide bonds. The highest BCUT2D eigenvalue weighted by Crippen LogP contribution is 2.30. The number of hydrogen-bond acceptors (Lipinski definition) is 5. The normalized spacial score (nSPS) is 19.3. The number of rotatable bonds is 2. The third kappa shape index (κ3) is 2.75. The second kappa shape index (κ2) is 5.36. The van der Waals surface area contributed by atoms with Gasteiger partial charge in [-0.15, -0.1) is 11.3 Å². The molecule has 20 heavy (non-hydrogen) atoms. The van der Waals surface area contributed by atoms with Crippen LogP contribution >= 0.6 is 11.3 Å². The van der Waals surface area contributed by atoms with Crippen molar-refractivity contribution in [1.82, 2.24) is 15.0 Å². The van der Waals surface area contributed by atoms with E-state index in [0.717, 1.165) is 42.5 Å². The molecule has 5 nitrogen and oxygen atoms in total. The Morgan fingerprint density at radius 2 is 2.25 bits per heavy atom. The van der Waals surface area contributed by atoms with Gasteiger partial charge in [0.05, 0.1) is 11.4 Å². The summed E-state index contributed by atoms with van der Waals surface area (Å²) in [6.45, 7) is 5.77. The molecule has 3 rings (SSSR count). The van der Waals surface area contributed by atoms with Gasteiger partial charge in [-0.3, -0.25) is 4.79 Å². The van der Waals surface area contributed by atoms with Gasteiger partial charge in [0.15, 0.2) is 5.13 Å². The van der Waals surface area contributed by atoms with Gasteiger partial charge in [0.1, 0.15) is 5.82 Å². The summed E-state index contributed by atoms with van der Waals surface area (Å²) in [6, 6.07) is 1.63. The van der Waals surface area contributed by atoms with E-state index in [1.54, 1.807) is 17.4 Å². The molecule has 0 aliphatic carbocycles. The van der Waals surface area contributed by atoms with Gasteiger partial charge >= 0.3 is 0 Å². The summed E-state index contributed by atoms with van der Waals surface area (Å²) in [5, 5.41) is 3.16. The number of aryl methyl sites for hydroxylation is 2. The number of aromatic amines is 1. The van der Waals surface area contributed by atoms with Crippen molar-refractivity contribution < 1.29 is 0 Å². The van der Waals surface area contributed by atoms with E-state index in [4.69, 9.17) is 0 Å². The van der Waals surface area contributed by atoms with Crippen LogP contribution in [-0.2, 0) is 0 Å². The average molecular weight is 290 g/mol. The fraction of sp³-hybridized carbons (Fsp3) is 0.500. The van der Waals surface area contributed by atoms with E-state index >= 15 is 0 Å². The van der Waals surface area contributed by atoms with Crippen molar-refractivity contribution >= 4 is 16.5 Å². The molecule has 0 radical (unpaired) electrons. The lowest BCUT2D eigenvalue weighted by Gasteiger charge is -2.32. The molecule has 1 N–H and O–H groups in total. The molecule has 0 spiro atoms. The molecule has 106 valence electrons. The summed E-state index contributed by atoms with van der Waals surface area (Å²) in [5.41, 5.74) is 1.91. The number of aromatic nitrogens is 3. The van der Waals surface area contributed by atoms with Crippen molar-refractivity contribution in [2.75, 3.05) is 18.0 Å². The molecule has 0 bridgehead atoms. The maximum absolute atomic E-state index is 11.6. The molecular weight excluding hydrogens is 272 g/mol. The summed E-state index contributed by atoms with van der Waals surface area (Å²) in [4.78, 5) is 25.6. The van der Waals surface area contributed by atoms with Crippen LogP contribution in [0.5, 0.6) is 0 Å². The van der Waals surface area contributed by atoms with Gasteiger partial charge in [-0.2, -0.15) is 0 Å². The largest absolute Gasteiger partial charge is 0.347 e. The highest BCUT2D eigenvalue weighted by atomic mass is 32.1. The highest BCUT2D eigenvalue weighted by Gasteiger charge is 2.24. The second-order valence-electron chi connectivity index (χ2n) is 5.31. The molecule has 1 atom stereocenters. The van der Waals surface area contributed by atoms with Crippen molar-refractivity contribution in [2.45, 2.75) is 32.6 Å². The summed E-state index contributed by atoms with van der Waals surface area (Å²) in [6.07, 6.45) is 2.19. The Morgan fingerprint density at radius 3 is 2.95 bits per heavy atom. The minimum Gasteiger partial charge on any atom is -0.347 e. The van der Waals surface area contributed by atoms with Crippen LogP contribution in [0, 0.1) is 13.8 Å². The Bertz CT molecular complexity index is 663. The molecular formula is C14H18N4OS. The van der Waals surface area contributed by atoms with E-state index in [0.29, 0.717) is 11.7 Å². The van der Waals surface area contributed by atoms with Gasteiger partial charge in [0.25, 0.3) is 5.56 Å². The molecule has 0 unspecified atom stereocenters. The van der Waals surface area contributed by atoms with Gasteiger partial charge in [-0.1, -0.05) is 0 Å². The maximum Gasteiger partial charge on any atom is 0.251 e. The Hall–Kier alpha value is -1.69. The minimum atomic E-state index is -0.0604. The number of thiazole rings is 1. The van der Waals surface area contributed by atoms with Crippen molar-refractivity contribution in [2.24, 2.45) is 0 Å². The molecule has 1 aliphatic rings. The monoisotopic (exact) mass is 290 g/mol. The van der Waals surface area contributed by atoms with Crippen LogP contribution in [0.1, 0.15) is 36.0 Å². The number of nitrogens with one attached hydrogen (secondary N) is 1. The zero-order valence-corrected chi connectivity index (χ0v) is 12.5. The summed E-state index contributed by atoms with van der Waals surface area (Å²) in [5.74, 6) is 1.00. The molecule has 1 aliphatic heterocycles. The smallest absolute Gasteiger partial charge is 0.251 e. The van der Waals surface area contributed by atoms with E-state index in [9.17, 15) is 4.79 Å². The van der Waals surface area contributed by atoms with Crippen LogP contribution in [0.2, 0.25) is 0 Å². The van der Waals surface area contributed by atoms with E-state index < -0.39 is 0 Å². The molecule has 2 aromatic heterocycles. The van der Waals surface area contributed by atoms with E-state index in [-0.39, 0.29) is 5.56 Å². The Morgan fingerprint density at radius 1 is 1.40 bits per heavy atom. The van der Waals surface area contributed by atoms with Gasteiger partial charge in [0, 0.05) is 30.5 Å². The van der Waals surface area contributed by atoms with Gasteiger partial charge in [-0.05, 0) is 26.7 Å². The SMILES string of the molecule is Cc1csc(N2CCC[C@H](c3cc(=O)[nH]c(C)n3)C2)n1. The quantitative estimate of drug-likeness (QED) is 0.921. The topological polar surface area (TPSA) is 61.9 Å². The van der Waals surface area contributed by atoms with Crippen molar-refractivity contribution in [3.63, 3.8) is 0 Å².